The maximum absolute atomic E-state index is 13.1. The molecule has 1 aromatic rings. The molecule has 0 fully saturated rings. The molecule has 7 heteroatoms. The number of halogens is 1. The Balaban J connectivity index is 3.35. The molecule has 0 aliphatic rings. The summed E-state index contributed by atoms with van der Waals surface area (Å²) in [6, 6.07) is 0. The molecule has 0 radical (unpaired) electrons. The molecule has 0 atom stereocenters. The third kappa shape index (κ3) is 2.31. The summed E-state index contributed by atoms with van der Waals surface area (Å²) < 4.78 is 23.9. The SMILES string of the molecule is COCn1cc(F)c(=O)n(COC)c1=O. The van der Waals surface area contributed by atoms with E-state index < -0.39 is 17.1 Å². The quantitative estimate of drug-likeness (QED) is 0.674. The van der Waals surface area contributed by atoms with Gasteiger partial charge in [0.2, 0.25) is 5.82 Å². The van der Waals surface area contributed by atoms with Crippen LogP contribution in [0.15, 0.2) is 15.8 Å². The molecule has 0 amide bonds. The van der Waals surface area contributed by atoms with Gasteiger partial charge in [-0.25, -0.2) is 9.36 Å². The van der Waals surface area contributed by atoms with Crippen molar-refractivity contribution < 1.29 is 13.9 Å². The van der Waals surface area contributed by atoms with E-state index in [9.17, 15) is 14.0 Å². The number of hydrogen-bond donors (Lipinski definition) is 0. The van der Waals surface area contributed by atoms with Crippen LogP contribution >= 0.6 is 0 Å². The van der Waals surface area contributed by atoms with E-state index in [0.717, 1.165) is 10.8 Å². The molecule has 6 nitrogen and oxygen atoms in total. The molecule has 1 heterocycles. The van der Waals surface area contributed by atoms with Crippen molar-refractivity contribution in [1.82, 2.24) is 9.13 Å². The molecular formula is C8H11FN2O4. The molecule has 0 aliphatic heterocycles. The van der Waals surface area contributed by atoms with Crippen LogP contribution in [0.3, 0.4) is 0 Å². The van der Waals surface area contributed by atoms with Gasteiger partial charge in [-0.3, -0.25) is 9.36 Å². The van der Waals surface area contributed by atoms with Crippen molar-refractivity contribution in [2.45, 2.75) is 13.5 Å². The first-order valence-electron chi connectivity index (χ1n) is 4.09. The minimum absolute atomic E-state index is 0.125. The first-order chi connectivity index (χ1) is 7.11. The highest BCUT2D eigenvalue weighted by atomic mass is 19.1. The van der Waals surface area contributed by atoms with Crippen molar-refractivity contribution in [3.8, 4) is 0 Å². The van der Waals surface area contributed by atoms with Crippen molar-refractivity contribution in [2.24, 2.45) is 0 Å². The van der Waals surface area contributed by atoms with Gasteiger partial charge in [-0.05, 0) is 0 Å². The van der Waals surface area contributed by atoms with E-state index in [0.29, 0.717) is 4.57 Å². The van der Waals surface area contributed by atoms with Crippen LogP contribution in [0.1, 0.15) is 0 Å². The Morgan fingerprint density at radius 2 is 1.87 bits per heavy atom. The van der Waals surface area contributed by atoms with Crippen LogP contribution in [-0.4, -0.2) is 23.4 Å². The van der Waals surface area contributed by atoms with E-state index in [1.807, 2.05) is 0 Å². The lowest BCUT2D eigenvalue weighted by molar-refractivity contribution is 0.103. The first kappa shape index (κ1) is 11.6. The third-order valence-corrected chi connectivity index (χ3v) is 1.72. The minimum atomic E-state index is -1.02. The largest absolute Gasteiger partial charge is 0.364 e. The standard InChI is InChI=1S/C8H11FN2O4/c1-14-4-10-3-6(9)7(12)11(5-15-2)8(10)13/h3H,4-5H2,1-2H3. The second-order valence-corrected chi connectivity index (χ2v) is 2.80. The third-order valence-electron chi connectivity index (χ3n) is 1.72. The maximum Gasteiger partial charge on any atom is 0.334 e. The van der Waals surface area contributed by atoms with Crippen LogP contribution in [0, 0.1) is 5.82 Å². The highest BCUT2D eigenvalue weighted by Gasteiger charge is 2.10. The fraction of sp³-hybridized carbons (Fsp3) is 0.500. The fourth-order valence-corrected chi connectivity index (χ4v) is 1.09. The van der Waals surface area contributed by atoms with Crippen molar-refractivity contribution >= 4 is 0 Å². The average molecular weight is 218 g/mol. The zero-order chi connectivity index (χ0) is 11.4. The Bertz CT molecular complexity index is 451. The average Bonchev–Trinajstić information content (AvgIpc) is 2.21. The van der Waals surface area contributed by atoms with E-state index in [4.69, 9.17) is 0 Å². The molecule has 0 spiro atoms. The van der Waals surface area contributed by atoms with Crippen LogP contribution in [0.5, 0.6) is 0 Å². The second kappa shape index (κ2) is 4.85. The number of ether oxygens (including phenoxy) is 2. The zero-order valence-electron chi connectivity index (χ0n) is 8.40. The topological polar surface area (TPSA) is 62.5 Å². The summed E-state index contributed by atoms with van der Waals surface area (Å²) in [5, 5.41) is 0. The van der Waals surface area contributed by atoms with Crippen molar-refractivity contribution in [2.75, 3.05) is 14.2 Å². The lowest BCUT2D eigenvalue weighted by Gasteiger charge is -2.08. The molecule has 15 heavy (non-hydrogen) atoms. The molecule has 0 unspecified atom stereocenters. The van der Waals surface area contributed by atoms with Crippen LogP contribution in [-0.2, 0) is 22.9 Å². The number of nitrogens with zero attached hydrogens (tertiary/aromatic N) is 2. The zero-order valence-corrected chi connectivity index (χ0v) is 8.40. The summed E-state index contributed by atoms with van der Waals surface area (Å²) >= 11 is 0. The van der Waals surface area contributed by atoms with Crippen LogP contribution in [0.4, 0.5) is 4.39 Å². The van der Waals surface area contributed by atoms with Gasteiger partial charge < -0.3 is 9.47 Å². The van der Waals surface area contributed by atoms with Gasteiger partial charge >= 0.3 is 5.69 Å². The van der Waals surface area contributed by atoms with E-state index in [2.05, 4.69) is 9.47 Å². The van der Waals surface area contributed by atoms with Crippen molar-refractivity contribution in [1.29, 1.82) is 0 Å². The Labute approximate surface area is 84.5 Å². The van der Waals surface area contributed by atoms with Crippen LogP contribution in [0.25, 0.3) is 0 Å². The van der Waals surface area contributed by atoms with E-state index in [1.54, 1.807) is 0 Å². The van der Waals surface area contributed by atoms with E-state index in [1.165, 1.54) is 14.2 Å². The number of rotatable bonds is 4. The highest BCUT2D eigenvalue weighted by molar-refractivity contribution is 4.89. The van der Waals surface area contributed by atoms with Gasteiger partial charge in [0.1, 0.15) is 13.5 Å². The van der Waals surface area contributed by atoms with Gasteiger partial charge in [-0.15, -0.1) is 0 Å². The minimum Gasteiger partial charge on any atom is -0.364 e. The van der Waals surface area contributed by atoms with E-state index in [-0.39, 0.29) is 13.5 Å². The molecule has 0 aromatic carbocycles. The predicted octanol–water partition coefficient (Wildman–Crippen LogP) is -0.643. The monoisotopic (exact) mass is 218 g/mol. The molecule has 0 N–H and O–H groups in total. The molecule has 0 saturated heterocycles. The molecule has 0 bridgehead atoms. The first-order valence-corrected chi connectivity index (χ1v) is 4.09. The Morgan fingerprint density at radius 1 is 1.27 bits per heavy atom. The van der Waals surface area contributed by atoms with Gasteiger partial charge in [0.05, 0.1) is 6.20 Å². The van der Waals surface area contributed by atoms with Gasteiger partial charge in [0.25, 0.3) is 5.56 Å². The molecule has 1 rings (SSSR count). The number of methoxy groups -OCH3 is 2. The lowest BCUT2D eigenvalue weighted by atomic mass is 10.6. The molecular weight excluding hydrogens is 207 g/mol. The second-order valence-electron chi connectivity index (χ2n) is 2.80. The summed E-state index contributed by atoms with van der Waals surface area (Å²) in [4.78, 5) is 22.7. The fourth-order valence-electron chi connectivity index (χ4n) is 1.09. The summed E-state index contributed by atoms with van der Waals surface area (Å²) in [6.07, 6.45) is 0.806. The molecule has 0 aliphatic carbocycles. The van der Waals surface area contributed by atoms with Crippen molar-refractivity contribution in [3.63, 3.8) is 0 Å². The predicted molar refractivity (Wildman–Crippen MR) is 48.9 cm³/mol. The van der Waals surface area contributed by atoms with Gasteiger partial charge in [-0.2, -0.15) is 4.39 Å². The van der Waals surface area contributed by atoms with Crippen LogP contribution in [0.2, 0.25) is 0 Å². The van der Waals surface area contributed by atoms with Crippen molar-refractivity contribution in [3.05, 3.63) is 32.9 Å². The van der Waals surface area contributed by atoms with Gasteiger partial charge in [-0.1, -0.05) is 0 Å². The van der Waals surface area contributed by atoms with Gasteiger partial charge in [0.15, 0.2) is 0 Å². The lowest BCUT2D eigenvalue weighted by Crippen LogP contribution is -2.41. The Kier molecular flexibility index (Phi) is 3.75. The number of hydrogen-bond acceptors (Lipinski definition) is 4. The molecule has 0 saturated carbocycles. The molecule has 1 aromatic heterocycles. The van der Waals surface area contributed by atoms with E-state index >= 15 is 0 Å². The summed E-state index contributed by atoms with van der Waals surface area (Å²) in [5.41, 5.74) is -1.68. The maximum atomic E-state index is 13.1. The normalized spacial score (nSPS) is 10.6. The smallest absolute Gasteiger partial charge is 0.334 e. The Hall–Kier alpha value is -1.47. The number of aromatic nitrogens is 2. The summed E-state index contributed by atoms with van der Waals surface area (Å²) in [7, 11) is 2.66. The van der Waals surface area contributed by atoms with Crippen LogP contribution < -0.4 is 11.2 Å². The Morgan fingerprint density at radius 3 is 2.40 bits per heavy atom. The van der Waals surface area contributed by atoms with Gasteiger partial charge in [0, 0.05) is 14.2 Å². The summed E-state index contributed by atoms with van der Waals surface area (Å²) in [5.74, 6) is -1.02. The summed E-state index contributed by atoms with van der Waals surface area (Å²) in [6.45, 7) is -0.418. The highest BCUT2D eigenvalue weighted by Crippen LogP contribution is 1.87. The molecule has 84 valence electrons.